The molecule has 1 atom stereocenters. The number of pyridine rings is 1. The molecule has 0 aliphatic heterocycles. The fourth-order valence-electron chi connectivity index (χ4n) is 3.52. The molecule has 0 aliphatic rings. The number of hydrogen-bond donors (Lipinski definition) is 2. The number of nitrogen functional groups attached to an aromatic ring is 1. The van der Waals surface area contributed by atoms with Gasteiger partial charge in [0, 0.05) is 18.0 Å². The second-order valence-electron chi connectivity index (χ2n) is 7.30. The highest BCUT2D eigenvalue weighted by Crippen LogP contribution is 2.25. The molecule has 1 unspecified atom stereocenters. The van der Waals surface area contributed by atoms with Crippen LogP contribution in [0.2, 0.25) is 0 Å². The molecule has 2 aromatic carbocycles. The molecule has 3 aromatic heterocycles. The van der Waals surface area contributed by atoms with Gasteiger partial charge in [-0.05, 0) is 48.4 Å². The zero-order chi connectivity index (χ0) is 21.2. The molecule has 152 valence electrons. The van der Waals surface area contributed by atoms with Gasteiger partial charge in [0.05, 0.1) is 17.1 Å². The highest BCUT2D eigenvalue weighted by molar-refractivity contribution is 5.83. The molecule has 5 rings (SSSR count). The second kappa shape index (κ2) is 7.87. The molecule has 3 N–H and O–H groups in total. The van der Waals surface area contributed by atoms with Gasteiger partial charge in [0.25, 0.3) is 0 Å². The number of fused-ring (bicyclic) bond motifs is 1. The Kier molecular flexibility index (Phi) is 4.76. The summed E-state index contributed by atoms with van der Waals surface area (Å²) < 4.78 is 1.96. The first-order valence-corrected chi connectivity index (χ1v) is 10.0. The van der Waals surface area contributed by atoms with E-state index in [1.165, 1.54) is 5.56 Å². The van der Waals surface area contributed by atoms with E-state index >= 15 is 0 Å². The SMILES string of the molecule is CC(Nc1nccc(-n2cnc3cc(-c4ccc(N)nc4)ccc32)n1)c1ccccc1. The molecule has 7 nitrogen and oxygen atoms in total. The fourth-order valence-corrected chi connectivity index (χ4v) is 3.52. The molecular formula is C24H21N7. The van der Waals surface area contributed by atoms with Crippen molar-refractivity contribution in [3.05, 3.63) is 91.0 Å². The van der Waals surface area contributed by atoms with Crippen molar-refractivity contribution in [3.63, 3.8) is 0 Å². The molecule has 0 bridgehead atoms. The first kappa shape index (κ1) is 18.7. The van der Waals surface area contributed by atoms with Crippen LogP contribution in [0.3, 0.4) is 0 Å². The van der Waals surface area contributed by atoms with Gasteiger partial charge in [-0.2, -0.15) is 4.98 Å². The molecule has 0 spiro atoms. The van der Waals surface area contributed by atoms with Crippen molar-refractivity contribution in [1.82, 2.24) is 24.5 Å². The Morgan fingerprint density at radius 2 is 1.74 bits per heavy atom. The smallest absolute Gasteiger partial charge is 0.225 e. The summed E-state index contributed by atoms with van der Waals surface area (Å²) in [5.41, 5.74) is 10.7. The Bertz CT molecular complexity index is 1330. The van der Waals surface area contributed by atoms with Crippen molar-refractivity contribution in [2.45, 2.75) is 13.0 Å². The molecule has 3 heterocycles. The predicted molar refractivity (Wildman–Crippen MR) is 123 cm³/mol. The summed E-state index contributed by atoms with van der Waals surface area (Å²) in [6.45, 7) is 2.09. The van der Waals surface area contributed by atoms with Crippen LogP contribution in [0, 0.1) is 0 Å². The summed E-state index contributed by atoms with van der Waals surface area (Å²) in [6, 6.07) is 22.1. The minimum atomic E-state index is 0.0899. The van der Waals surface area contributed by atoms with Crippen molar-refractivity contribution in [2.75, 3.05) is 11.1 Å². The van der Waals surface area contributed by atoms with Crippen LogP contribution in [0.1, 0.15) is 18.5 Å². The summed E-state index contributed by atoms with van der Waals surface area (Å²) in [6.07, 6.45) is 5.30. The molecule has 0 fully saturated rings. The van der Waals surface area contributed by atoms with Crippen LogP contribution in [0.25, 0.3) is 28.0 Å². The van der Waals surface area contributed by atoms with Crippen molar-refractivity contribution in [3.8, 4) is 16.9 Å². The molecular weight excluding hydrogens is 386 g/mol. The van der Waals surface area contributed by atoms with Crippen LogP contribution in [0.5, 0.6) is 0 Å². The Morgan fingerprint density at radius 1 is 0.903 bits per heavy atom. The minimum Gasteiger partial charge on any atom is -0.384 e. The van der Waals surface area contributed by atoms with Crippen molar-refractivity contribution < 1.29 is 0 Å². The van der Waals surface area contributed by atoms with Gasteiger partial charge in [-0.3, -0.25) is 4.57 Å². The van der Waals surface area contributed by atoms with Crippen LogP contribution >= 0.6 is 0 Å². The molecule has 0 radical (unpaired) electrons. The average molecular weight is 407 g/mol. The van der Waals surface area contributed by atoms with Gasteiger partial charge in [-0.1, -0.05) is 36.4 Å². The van der Waals surface area contributed by atoms with Crippen LogP contribution in [0.4, 0.5) is 11.8 Å². The summed E-state index contributed by atoms with van der Waals surface area (Å²) in [7, 11) is 0. The molecule has 0 saturated carbocycles. The summed E-state index contributed by atoms with van der Waals surface area (Å²) in [4.78, 5) is 17.8. The van der Waals surface area contributed by atoms with E-state index in [9.17, 15) is 0 Å². The molecule has 7 heteroatoms. The second-order valence-corrected chi connectivity index (χ2v) is 7.30. The Labute approximate surface area is 179 Å². The number of aromatic nitrogens is 5. The van der Waals surface area contributed by atoms with E-state index in [0.717, 1.165) is 28.0 Å². The third-order valence-corrected chi connectivity index (χ3v) is 5.20. The Balaban J connectivity index is 1.44. The lowest BCUT2D eigenvalue weighted by molar-refractivity contribution is 0.854. The largest absolute Gasteiger partial charge is 0.384 e. The van der Waals surface area contributed by atoms with Gasteiger partial charge in [0.2, 0.25) is 5.95 Å². The van der Waals surface area contributed by atoms with Crippen molar-refractivity contribution >= 4 is 22.8 Å². The van der Waals surface area contributed by atoms with E-state index in [-0.39, 0.29) is 6.04 Å². The molecule has 0 aliphatic carbocycles. The van der Waals surface area contributed by atoms with Crippen LogP contribution in [0.15, 0.2) is 85.5 Å². The average Bonchev–Trinajstić information content (AvgIpc) is 3.24. The van der Waals surface area contributed by atoms with Gasteiger partial charge < -0.3 is 11.1 Å². The minimum absolute atomic E-state index is 0.0899. The van der Waals surface area contributed by atoms with E-state index in [4.69, 9.17) is 10.7 Å². The number of nitrogens with two attached hydrogens (primary N) is 1. The monoisotopic (exact) mass is 407 g/mol. The lowest BCUT2D eigenvalue weighted by Gasteiger charge is -2.14. The van der Waals surface area contributed by atoms with E-state index in [1.807, 2.05) is 53.1 Å². The zero-order valence-corrected chi connectivity index (χ0v) is 17.0. The van der Waals surface area contributed by atoms with Gasteiger partial charge in [-0.15, -0.1) is 0 Å². The predicted octanol–water partition coefficient (Wildman–Crippen LogP) is 4.63. The molecule has 5 aromatic rings. The van der Waals surface area contributed by atoms with E-state index in [0.29, 0.717) is 11.8 Å². The zero-order valence-electron chi connectivity index (χ0n) is 17.0. The Hall–Kier alpha value is -4.26. The number of hydrogen-bond acceptors (Lipinski definition) is 6. The van der Waals surface area contributed by atoms with Crippen molar-refractivity contribution in [2.24, 2.45) is 0 Å². The Morgan fingerprint density at radius 3 is 2.55 bits per heavy atom. The van der Waals surface area contributed by atoms with Crippen LogP contribution in [-0.4, -0.2) is 24.5 Å². The van der Waals surface area contributed by atoms with Gasteiger partial charge in [-0.25, -0.2) is 15.0 Å². The highest BCUT2D eigenvalue weighted by atomic mass is 15.2. The molecule has 0 amide bonds. The van der Waals surface area contributed by atoms with Crippen molar-refractivity contribution in [1.29, 1.82) is 0 Å². The third-order valence-electron chi connectivity index (χ3n) is 5.20. The maximum atomic E-state index is 5.69. The lowest BCUT2D eigenvalue weighted by Crippen LogP contribution is -2.10. The fraction of sp³-hybridized carbons (Fsp3) is 0.0833. The molecule has 31 heavy (non-hydrogen) atoms. The van der Waals surface area contributed by atoms with E-state index in [2.05, 4.69) is 39.3 Å². The quantitative estimate of drug-likeness (QED) is 0.441. The number of rotatable bonds is 5. The maximum Gasteiger partial charge on any atom is 0.225 e. The topological polar surface area (TPSA) is 94.5 Å². The third kappa shape index (κ3) is 3.81. The van der Waals surface area contributed by atoms with Crippen LogP contribution in [-0.2, 0) is 0 Å². The lowest BCUT2D eigenvalue weighted by atomic mass is 10.1. The highest BCUT2D eigenvalue weighted by Gasteiger charge is 2.11. The standard InChI is InChI=1S/C24H21N7/c1-16(17-5-3-2-4-6-17)29-24-26-12-11-23(30-24)31-15-28-20-13-18(7-9-21(20)31)19-8-10-22(25)27-14-19/h2-16H,1H3,(H2,25,27)(H,26,29,30). The van der Waals surface area contributed by atoms with Gasteiger partial charge in [0.1, 0.15) is 18.0 Å². The number of nitrogens with one attached hydrogen (secondary N) is 1. The number of nitrogens with zero attached hydrogens (tertiary/aromatic N) is 5. The summed E-state index contributed by atoms with van der Waals surface area (Å²) in [5, 5.41) is 3.37. The van der Waals surface area contributed by atoms with Crippen LogP contribution < -0.4 is 11.1 Å². The first-order valence-electron chi connectivity index (χ1n) is 10.0. The summed E-state index contributed by atoms with van der Waals surface area (Å²) >= 11 is 0. The maximum absolute atomic E-state index is 5.69. The van der Waals surface area contributed by atoms with Gasteiger partial charge >= 0.3 is 0 Å². The molecule has 0 saturated heterocycles. The number of benzene rings is 2. The van der Waals surface area contributed by atoms with E-state index in [1.54, 1.807) is 24.8 Å². The van der Waals surface area contributed by atoms with Gasteiger partial charge in [0.15, 0.2) is 0 Å². The summed E-state index contributed by atoms with van der Waals surface area (Å²) in [5.74, 6) is 1.83. The normalized spacial score (nSPS) is 12.0. The number of imidazole rings is 1. The number of anilines is 2. The first-order chi connectivity index (χ1) is 15.2. The van der Waals surface area contributed by atoms with E-state index < -0.39 is 0 Å².